The number of carbonyl (C=O) groups is 1. The third kappa shape index (κ3) is 5.91. The molecule has 1 aromatic carbocycles. The monoisotopic (exact) mass is 415 g/mol. The van der Waals surface area contributed by atoms with Crippen molar-refractivity contribution in [1.82, 2.24) is 9.62 Å². The minimum Gasteiger partial charge on any atom is -0.338 e. The molecular formula is C19H30ClN3O3S. The molecule has 1 amide bonds. The fourth-order valence-electron chi connectivity index (χ4n) is 3.53. The topological polar surface area (TPSA) is 92.5 Å². The van der Waals surface area contributed by atoms with Gasteiger partial charge in [0, 0.05) is 31.1 Å². The van der Waals surface area contributed by atoms with E-state index in [9.17, 15) is 13.2 Å². The molecule has 1 heterocycles. The standard InChI is InChI=1S/C19H29N3O3S.ClH/c1-14(20)18-4-2-3-13-22(18)19(23)12-7-15-5-10-17(11-6-15)26(24,25)21-16-8-9-16;/h5-6,10-11,14,16,18,21H,2-4,7-9,12-13,20H2,1H3;1H. The number of nitrogens with two attached hydrogens (primary N) is 1. The maximum Gasteiger partial charge on any atom is 0.240 e. The maximum atomic E-state index is 12.6. The summed E-state index contributed by atoms with van der Waals surface area (Å²) in [6.45, 7) is 2.75. The Morgan fingerprint density at radius 2 is 1.89 bits per heavy atom. The first-order valence-electron chi connectivity index (χ1n) is 9.53. The summed E-state index contributed by atoms with van der Waals surface area (Å²) in [6, 6.07) is 7.06. The van der Waals surface area contributed by atoms with E-state index in [1.54, 1.807) is 24.3 Å². The Kier molecular flexibility index (Phi) is 7.68. The molecule has 1 aliphatic carbocycles. The van der Waals surface area contributed by atoms with Gasteiger partial charge in [-0.15, -0.1) is 12.4 Å². The molecule has 6 nitrogen and oxygen atoms in total. The Balaban J connectivity index is 0.00000261. The average Bonchev–Trinajstić information content (AvgIpc) is 3.43. The number of benzene rings is 1. The number of hydrogen-bond acceptors (Lipinski definition) is 4. The molecule has 152 valence electrons. The Labute approximate surface area is 168 Å². The van der Waals surface area contributed by atoms with E-state index in [-0.39, 0.29) is 41.3 Å². The predicted molar refractivity (Wildman–Crippen MR) is 108 cm³/mol. The van der Waals surface area contributed by atoms with Gasteiger partial charge in [0.25, 0.3) is 0 Å². The van der Waals surface area contributed by atoms with Crippen LogP contribution in [0.3, 0.4) is 0 Å². The number of likely N-dealkylation sites (tertiary alicyclic amines) is 1. The first-order valence-corrected chi connectivity index (χ1v) is 11.0. The number of hydrogen-bond donors (Lipinski definition) is 2. The first-order chi connectivity index (χ1) is 12.4. The van der Waals surface area contributed by atoms with Gasteiger partial charge >= 0.3 is 0 Å². The van der Waals surface area contributed by atoms with Crippen LogP contribution in [0, 0.1) is 0 Å². The lowest BCUT2D eigenvalue weighted by Gasteiger charge is -2.38. The van der Waals surface area contributed by atoms with E-state index < -0.39 is 10.0 Å². The number of aryl methyl sites for hydroxylation is 1. The molecule has 3 rings (SSSR count). The molecule has 8 heteroatoms. The molecule has 0 radical (unpaired) electrons. The maximum absolute atomic E-state index is 12.6. The molecule has 3 N–H and O–H groups in total. The summed E-state index contributed by atoms with van der Waals surface area (Å²) >= 11 is 0. The van der Waals surface area contributed by atoms with Crippen LogP contribution in [0.15, 0.2) is 29.2 Å². The molecule has 0 spiro atoms. The summed E-state index contributed by atoms with van der Waals surface area (Å²) < 4.78 is 27.0. The van der Waals surface area contributed by atoms with Crippen molar-refractivity contribution in [3.05, 3.63) is 29.8 Å². The minimum absolute atomic E-state index is 0. The van der Waals surface area contributed by atoms with E-state index in [4.69, 9.17) is 5.73 Å². The number of carbonyl (C=O) groups excluding carboxylic acids is 1. The first kappa shape index (κ1) is 22.1. The van der Waals surface area contributed by atoms with Crippen molar-refractivity contribution in [3.8, 4) is 0 Å². The number of halogens is 1. The predicted octanol–water partition coefficient (Wildman–Crippen LogP) is 2.21. The van der Waals surface area contributed by atoms with Gasteiger partial charge in [0.15, 0.2) is 0 Å². The summed E-state index contributed by atoms with van der Waals surface area (Å²) in [6.07, 6.45) is 6.00. The van der Waals surface area contributed by atoms with Crippen LogP contribution in [0.4, 0.5) is 0 Å². The molecule has 2 aliphatic rings. The fraction of sp³-hybridized carbons (Fsp3) is 0.632. The van der Waals surface area contributed by atoms with Gasteiger partial charge in [0.1, 0.15) is 0 Å². The van der Waals surface area contributed by atoms with Crippen LogP contribution in [0.1, 0.15) is 51.0 Å². The van der Waals surface area contributed by atoms with Crippen molar-refractivity contribution in [2.45, 2.75) is 74.9 Å². The summed E-state index contributed by atoms with van der Waals surface area (Å²) in [5, 5.41) is 0. The molecule has 1 aromatic rings. The highest BCUT2D eigenvalue weighted by Crippen LogP contribution is 2.23. The molecule has 2 fully saturated rings. The van der Waals surface area contributed by atoms with Crippen LogP contribution in [0.25, 0.3) is 0 Å². The normalized spacial score (nSPS) is 21.4. The molecule has 2 unspecified atom stereocenters. The minimum atomic E-state index is -3.42. The van der Waals surface area contributed by atoms with Crippen LogP contribution in [0.2, 0.25) is 0 Å². The van der Waals surface area contributed by atoms with E-state index in [0.717, 1.165) is 44.2 Å². The lowest BCUT2D eigenvalue weighted by Crippen LogP contribution is -2.51. The van der Waals surface area contributed by atoms with Crippen molar-refractivity contribution >= 4 is 28.3 Å². The average molecular weight is 416 g/mol. The van der Waals surface area contributed by atoms with Crippen LogP contribution in [-0.4, -0.2) is 43.9 Å². The smallest absolute Gasteiger partial charge is 0.240 e. The summed E-state index contributed by atoms with van der Waals surface area (Å²) in [4.78, 5) is 14.8. The van der Waals surface area contributed by atoms with E-state index >= 15 is 0 Å². The number of nitrogens with one attached hydrogen (secondary N) is 1. The molecule has 1 saturated carbocycles. The van der Waals surface area contributed by atoms with Crippen LogP contribution >= 0.6 is 12.4 Å². The molecule has 2 atom stereocenters. The number of sulfonamides is 1. The SMILES string of the molecule is CC(N)C1CCCCN1C(=O)CCc1ccc(S(=O)(=O)NC2CC2)cc1.Cl. The molecule has 0 bridgehead atoms. The van der Waals surface area contributed by atoms with Gasteiger partial charge in [-0.2, -0.15) is 0 Å². The van der Waals surface area contributed by atoms with Crippen molar-refractivity contribution in [1.29, 1.82) is 0 Å². The fourth-order valence-corrected chi connectivity index (χ4v) is 4.84. The van der Waals surface area contributed by atoms with Crippen molar-refractivity contribution in [2.24, 2.45) is 5.73 Å². The quantitative estimate of drug-likeness (QED) is 0.714. The van der Waals surface area contributed by atoms with E-state index in [1.807, 2.05) is 11.8 Å². The van der Waals surface area contributed by atoms with Crippen LogP contribution in [-0.2, 0) is 21.2 Å². The Morgan fingerprint density at radius 3 is 2.48 bits per heavy atom. The van der Waals surface area contributed by atoms with Gasteiger partial charge in [0.2, 0.25) is 15.9 Å². The summed E-state index contributed by atoms with van der Waals surface area (Å²) in [7, 11) is -3.42. The lowest BCUT2D eigenvalue weighted by molar-refractivity contribution is -0.135. The number of piperidine rings is 1. The third-order valence-electron chi connectivity index (χ3n) is 5.24. The van der Waals surface area contributed by atoms with Crippen LogP contribution in [0.5, 0.6) is 0 Å². The Hall–Kier alpha value is -1.15. The highest BCUT2D eigenvalue weighted by molar-refractivity contribution is 7.89. The van der Waals surface area contributed by atoms with Gasteiger partial charge in [-0.25, -0.2) is 13.1 Å². The van der Waals surface area contributed by atoms with E-state index in [0.29, 0.717) is 12.8 Å². The van der Waals surface area contributed by atoms with Gasteiger partial charge in [-0.3, -0.25) is 4.79 Å². The Bertz CT molecular complexity index is 733. The van der Waals surface area contributed by atoms with Gasteiger partial charge in [-0.05, 0) is 63.1 Å². The van der Waals surface area contributed by atoms with Gasteiger partial charge in [-0.1, -0.05) is 12.1 Å². The van der Waals surface area contributed by atoms with Crippen molar-refractivity contribution in [3.63, 3.8) is 0 Å². The lowest BCUT2D eigenvalue weighted by atomic mass is 9.96. The molecule has 27 heavy (non-hydrogen) atoms. The zero-order valence-electron chi connectivity index (χ0n) is 15.8. The molecule has 1 saturated heterocycles. The number of nitrogens with zero attached hydrogens (tertiary/aromatic N) is 1. The molecule has 1 aliphatic heterocycles. The van der Waals surface area contributed by atoms with Crippen molar-refractivity contribution < 1.29 is 13.2 Å². The second-order valence-corrected chi connectivity index (χ2v) is 9.26. The second kappa shape index (κ2) is 9.37. The number of amides is 1. The second-order valence-electron chi connectivity index (χ2n) is 7.55. The number of rotatable bonds is 7. The highest BCUT2D eigenvalue weighted by Gasteiger charge is 2.29. The molecular weight excluding hydrogens is 386 g/mol. The van der Waals surface area contributed by atoms with E-state index in [1.165, 1.54) is 0 Å². The zero-order chi connectivity index (χ0) is 18.7. The summed E-state index contributed by atoms with van der Waals surface area (Å²) in [5.74, 6) is 0.138. The van der Waals surface area contributed by atoms with Crippen LogP contribution < -0.4 is 10.5 Å². The van der Waals surface area contributed by atoms with Gasteiger partial charge < -0.3 is 10.6 Å². The highest BCUT2D eigenvalue weighted by atomic mass is 35.5. The molecule has 0 aromatic heterocycles. The summed E-state index contributed by atoms with van der Waals surface area (Å²) in [5.41, 5.74) is 7.01. The van der Waals surface area contributed by atoms with Crippen molar-refractivity contribution in [2.75, 3.05) is 6.54 Å². The Morgan fingerprint density at radius 1 is 1.22 bits per heavy atom. The third-order valence-corrected chi connectivity index (χ3v) is 6.77. The van der Waals surface area contributed by atoms with E-state index in [2.05, 4.69) is 4.72 Å². The van der Waals surface area contributed by atoms with Gasteiger partial charge in [0.05, 0.1) is 4.90 Å². The largest absolute Gasteiger partial charge is 0.338 e. The zero-order valence-corrected chi connectivity index (χ0v) is 17.4.